The van der Waals surface area contributed by atoms with Gasteiger partial charge in [-0.15, -0.1) is 0 Å². The molecule has 0 amide bonds. The summed E-state index contributed by atoms with van der Waals surface area (Å²) in [6.45, 7) is 0. The van der Waals surface area contributed by atoms with Crippen LogP contribution in [-0.2, 0) is 0 Å². The van der Waals surface area contributed by atoms with E-state index in [1.165, 1.54) is 10.8 Å². The minimum absolute atomic E-state index is 0.664. The van der Waals surface area contributed by atoms with Gasteiger partial charge in [-0.3, -0.25) is 0 Å². The van der Waals surface area contributed by atoms with Crippen molar-refractivity contribution < 1.29 is 8.83 Å². The van der Waals surface area contributed by atoms with Gasteiger partial charge >= 0.3 is 0 Å². The first kappa shape index (κ1) is 19.4. The van der Waals surface area contributed by atoms with Crippen LogP contribution in [0.2, 0.25) is 0 Å². The van der Waals surface area contributed by atoms with Crippen molar-refractivity contribution in [2.45, 2.75) is 0 Å². The summed E-state index contributed by atoms with van der Waals surface area (Å²) >= 11 is 0. The van der Waals surface area contributed by atoms with Gasteiger partial charge in [0.05, 0.1) is 11.0 Å². The Balaban J connectivity index is 1.42. The number of nitrogens with zero attached hydrogens (tertiary/aromatic N) is 2. The molecule has 0 aliphatic carbocycles. The van der Waals surface area contributed by atoms with Gasteiger partial charge in [-0.2, -0.15) is 0 Å². The van der Waals surface area contributed by atoms with Crippen molar-refractivity contribution in [1.82, 2.24) is 9.97 Å². The Morgan fingerprint density at radius 3 is 1.36 bits per heavy atom. The lowest BCUT2D eigenvalue weighted by Crippen LogP contribution is -1.93. The summed E-state index contributed by atoms with van der Waals surface area (Å²) < 4.78 is 12.7. The molecule has 5 aromatic carbocycles. The Hall–Kier alpha value is -4.96. The average Bonchev–Trinajstić information content (AvgIpc) is 3.57. The van der Waals surface area contributed by atoms with Gasteiger partial charge in [-0.25, -0.2) is 9.97 Å². The van der Waals surface area contributed by atoms with Crippen molar-refractivity contribution in [3.63, 3.8) is 0 Å². The molecule has 36 heavy (non-hydrogen) atoms. The average molecular weight is 463 g/mol. The number of fused-ring (bicyclic) bond motifs is 7. The van der Waals surface area contributed by atoms with E-state index < -0.39 is 0 Å². The summed E-state index contributed by atoms with van der Waals surface area (Å²) in [6.07, 6.45) is 0. The molecule has 0 spiro atoms. The predicted molar refractivity (Wildman–Crippen MR) is 145 cm³/mol. The van der Waals surface area contributed by atoms with Crippen LogP contribution in [0.5, 0.6) is 0 Å². The zero-order valence-electron chi connectivity index (χ0n) is 19.1. The van der Waals surface area contributed by atoms with E-state index in [0.29, 0.717) is 22.9 Å². The van der Waals surface area contributed by atoms with Crippen molar-refractivity contribution in [1.29, 1.82) is 0 Å². The zero-order valence-corrected chi connectivity index (χ0v) is 19.1. The normalized spacial score (nSPS) is 11.9. The summed E-state index contributed by atoms with van der Waals surface area (Å²) in [5, 5.41) is 6.75. The summed E-state index contributed by atoms with van der Waals surface area (Å²) in [4.78, 5) is 10.0. The first-order valence-corrected chi connectivity index (χ1v) is 11.9. The minimum Gasteiger partial charge on any atom is -0.454 e. The van der Waals surface area contributed by atoms with Gasteiger partial charge in [0, 0.05) is 10.8 Å². The van der Waals surface area contributed by atoms with E-state index in [1.807, 2.05) is 48.5 Å². The molecular weight excluding hydrogens is 444 g/mol. The summed E-state index contributed by atoms with van der Waals surface area (Å²) in [5.41, 5.74) is 4.58. The molecule has 0 N–H and O–H groups in total. The van der Waals surface area contributed by atoms with Crippen molar-refractivity contribution in [2.24, 2.45) is 0 Å². The quantitative estimate of drug-likeness (QED) is 0.258. The van der Waals surface area contributed by atoms with E-state index in [-0.39, 0.29) is 0 Å². The molecule has 0 unspecified atom stereocenters. The minimum atomic E-state index is 0.664. The number of para-hydroxylation sites is 2. The molecule has 8 aromatic rings. The van der Waals surface area contributed by atoms with Crippen LogP contribution in [-0.4, -0.2) is 9.97 Å². The lowest BCUT2D eigenvalue weighted by molar-refractivity contribution is 0.620. The van der Waals surface area contributed by atoms with Crippen LogP contribution >= 0.6 is 0 Å². The van der Waals surface area contributed by atoms with E-state index in [4.69, 9.17) is 18.8 Å². The van der Waals surface area contributed by atoms with Crippen LogP contribution < -0.4 is 0 Å². The van der Waals surface area contributed by atoms with Gasteiger partial charge in [0.2, 0.25) is 0 Å². The Morgan fingerprint density at radius 1 is 0.417 bits per heavy atom. The smallest absolute Gasteiger partial charge is 0.156 e. The zero-order chi connectivity index (χ0) is 23.6. The lowest BCUT2D eigenvalue weighted by atomic mass is 10.1. The number of furan rings is 2. The number of hydrogen-bond donors (Lipinski definition) is 0. The van der Waals surface area contributed by atoms with Crippen molar-refractivity contribution in [3.8, 4) is 22.9 Å². The van der Waals surface area contributed by atoms with Gasteiger partial charge in [0.1, 0.15) is 22.6 Å². The second-order valence-electron chi connectivity index (χ2n) is 9.03. The Morgan fingerprint density at radius 2 is 0.861 bits per heavy atom. The molecule has 168 valence electrons. The van der Waals surface area contributed by atoms with Gasteiger partial charge in [-0.1, -0.05) is 72.8 Å². The molecule has 4 heteroatoms. The molecule has 0 saturated carbocycles. The van der Waals surface area contributed by atoms with E-state index in [0.717, 1.165) is 43.7 Å². The number of aromatic nitrogens is 2. The maximum atomic E-state index is 6.37. The van der Waals surface area contributed by atoms with Crippen LogP contribution in [0.25, 0.3) is 77.4 Å². The fraction of sp³-hybridized carbons (Fsp3) is 0. The Bertz CT molecular complexity index is 1960. The van der Waals surface area contributed by atoms with E-state index in [2.05, 4.69) is 60.7 Å². The molecule has 0 fully saturated rings. The molecule has 0 bridgehead atoms. The third-order valence-electron chi connectivity index (χ3n) is 6.89. The molecule has 4 nitrogen and oxygen atoms in total. The molecule has 0 aliphatic heterocycles. The predicted octanol–water partition coefficient (Wildman–Crippen LogP) is 8.76. The Kier molecular flexibility index (Phi) is 3.91. The van der Waals surface area contributed by atoms with E-state index in [1.54, 1.807) is 0 Å². The third-order valence-corrected chi connectivity index (χ3v) is 6.89. The maximum Gasteiger partial charge on any atom is 0.156 e. The monoisotopic (exact) mass is 462 g/mol. The second kappa shape index (κ2) is 7.27. The van der Waals surface area contributed by atoms with Crippen LogP contribution in [0, 0.1) is 0 Å². The number of benzene rings is 5. The lowest BCUT2D eigenvalue weighted by Gasteiger charge is -2.06. The number of rotatable bonds is 2. The van der Waals surface area contributed by atoms with E-state index >= 15 is 0 Å². The fourth-order valence-corrected chi connectivity index (χ4v) is 5.16. The Labute approximate surface area is 205 Å². The van der Waals surface area contributed by atoms with Gasteiger partial charge in [0.25, 0.3) is 0 Å². The van der Waals surface area contributed by atoms with Crippen LogP contribution in [0.15, 0.2) is 118 Å². The molecule has 0 aliphatic rings. The summed E-state index contributed by atoms with van der Waals surface area (Å²) in [7, 11) is 0. The highest BCUT2D eigenvalue weighted by atomic mass is 16.3. The van der Waals surface area contributed by atoms with Crippen molar-refractivity contribution >= 4 is 54.5 Å². The van der Waals surface area contributed by atoms with Gasteiger partial charge < -0.3 is 8.83 Å². The highest BCUT2D eigenvalue weighted by Gasteiger charge is 2.21. The summed E-state index contributed by atoms with van der Waals surface area (Å²) in [6, 6.07) is 36.9. The summed E-state index contributed by atoms with van der Waals surface area (Å²) in [5.74, 6) is 1.33. The van der Waals surface area contributed by atoms with Gasteiger partial charge in [0.15, 0.2) is 11.5 Å². The second-order valence-corrected chi connectivity index (χ2v) is 9.03. The number of hydrogen-bond acceptors (Lipinski definition) is 4. The first-order valence-electron chi connectivity index (χ1n) is 11.9. The van der Waals surface area contributed by atoms with Crippen LogP contribution in [0.3, 0.4) is 0 Å². The fourth-order valence-electron chi connectivity index (χ4n) is 5.16. The van der Waals surface area contributed by atoms with Crippen molar-refractivity contribution in [3.05, 3.63) is 109 Å². The topological polar surface area (TPSA) is 52.1 Å². The standard InChI is InChI=1S/C32H18N2O2/c1-3-9-21-19(7-1)13-15-27-23(21)17-29(35-27)31-32(34-26-12-6-5-11-25(26)33-31)30-18-24-22-10-4-2-8-20(22)14-16-28(24)36-30/h1-18H. The molecule has 8 rings (SSSR count). The van der Waals surface area contributed by atoms with Crippen LogP contribution in [0.4, 0.5) is 0 Å². The van der Waals surface area contributed by atoms with Gasteiger partial charge in [-0.05, 0) is 57.9 Å². The molecule has 3 aromatic heterocycles. The highest BCUT2D eigenvalue weighted by Crippen LogP contribution is 2.39. The maximum absolute atomic E-state index is 6.37. The molecule has 0 saturated heterocycles. The largest absolute Gasteiger partial charge is 0.454 e. The third kappa shape index (κ3) is 2.82. The van der Waals surface area contributed by atoms with E-state index in [9.17, 15) is 0 Å². The molecular formula is C32H18N2O2. The van der Waals surface area contributed by atoms with Crippen LogP contribution in [0.1, 0.15) is 0 Å². The molecule has 0 radical (unpaired) electrons. The molecule has 3 heterocycles. The molecule has 0 atom stereocenters. The SMILES string of the molecule is c1ccc2c(c1)ccc1oc(-c3nc4ccccc4nc3-c3cc4c(ccc5ccccc54)o3)cc12. The highest BCUT2D eigenvalue weighted by molar-refractivity contribution is 6.09. The first-order chi connectivity index (χ1) is 17.8. The van der Waals surface area contributed by atoms with Crippen molar-refractivity contribution in [2.75, 3.05) is 0 Å².